The maximum absolute atomic E-state index is 2.46. The topological polar surface area (TPSA) is 0 Å². The van der Waals surface area contributed by atoms with Crippen molar-refractivity contribution in [3.8, 4) is 0 Å². The van der Waals surface area contributed by atoms with Crippen molar-refractivity contribution in [2.45, 2.75) is 47.5 Å². The molecule has 76 valence electrons. The van der Waals surface area contributed by atoms with Crippen LogP contribution < -0.4 is 0 Å². The molecule has 2 fully saturated rings. The second kappa shape index (κ2) is 2.74. The van der Waals surface area contributed by atoms with Gasteiger partial charge in [-0.25, -0.2) is 0 Å². The van der Waals surface area contributed by atoms with Gasteiger partial charge in [-0.2, -0.15) is 0 Å². The molecule has 0 aromatic carbocycles. The molecule has 0 heteroatoms. The standard InChI is InChI=1S/C13H24/c1-8-6-10(7-13(3,4)5)12-9(2)11(8)12/h8-12H,6-7H2,1-5H3. The molecule has 0 heterocycles. The Kier molecular flexibility index (Phi) is 2.02. The molecule has 5 atom stereocenters. The average Bonchev–Trinajstić information content (AvgIpc) is 2.45. The summed E-state index contributed by atoms with van der Waals surface area (Å²) in [7, 11) is 0. The lowest BCUT2D eigenvalue weighted by Crippen LogP contribution is -2.15. The Bertz CT molecular complexity index is 199. The summed E-state index contributed by atoms with van der Waals surface area (Å²) in [6.07, 6.45) is 2.96. The van der Waals surface area contributed by atoms with Crippen molar-refractivity contribution in [1.82, 2.24) is 0 Å². The van der Waals surface area contributed by atoms with E-state index in [-0.39, 0.29) is 0 Å². The van der Waals surface area contributed by atoms with Crippen molar-refractivity contribution < 1.29 is 0 Å². The third-order valence-electron chi connectivity index (χ3n) is 4.27. The number of fused-ring (bicyclic) bond motifs is 1. The van der Waals surface area contributed by atoms with E-state index in [2.05, 4.69) is 34.6 Å². The SMILES string of the molecule is CC1CC(CC(C)(C)C)C2C(C)C12. The van der Waals surface area contributed by atoms with Gasteiger partial charge in [-0.05, 0) is 47.8 Å². The van der Waals surface area contributed by atoms with E-state index < -0.39 is 0 Å². The van der Waals surface area contributed by atoms with Crippen molar-refractivity contribution in [1.29, 1.82) is 0 Å². The third kappa shape index (κ3) is 1.65. The van der Waals surface area contributed by atoms with Crippen LogP contribution in [0.4, 0.5) is 0 Å². The lowest BCUT2D eigenvalue weighted by atomic mass is 9.81. The highest BCUT2D eigenvalue weighted by atomic mass is 14.6. The Morgan fingerprint density at radius 2 is 1.69 bits per heavy atom. The fraction of sp³-hybridized carbons (Fsp3) is 1.00. The first-order valence-corrected chi connectivity index (χ1v) is 5.90. The summed E-state index contributed by atoms with van der Waals surface area (Å²) in [5.41, 5.74) is 0.543. The molecule has 0 N–H and O–H groups in total. The zero-order chi connectivity index (χ0) is 9.80. The van der Waals surface area contributed by atoms with Crippen LogP contribution in [0.25, 0.3) is 0 Å². The van der Waals surface area contributed by atoms with Gasteiger partial charge in [-0.1, -0.05) is 34.6 Å². The van der Waals surface area contributed by atoms with Crippen LogP contribution >= 0.6 is 0 Å². The number of rotatable bonds is 1. The van der Waals surface area contributed by atoms with Crippen LogP contribution in [0.1, 0.15) is 47.5 Å². The van der Waals surface area contributed by atoms with Gasteiger partial charge in [0.15, 0.2) is 0 Å². The van der Waals surface area contributed by atoms with E-state index >= 15 is 0 Å². The molecule has 13 heavy (non-hydrogen) atoms. The Morgan fingerprint density at radius 1 is 1.08 bits per heavy atom. The molecule has 0 saturated heterocycles. The van der Waals surface area contributed by atoms with Gasteiger partial charge in [0, 0.05) is 0 Å². The fourth-order valence-corrected chi connectivity index (χ4v) is 3.96. The third-order valence-corrected chi connectivity index (χ3v) is 4.27. The van der Waals surface area contributed by atoms with E-state index in [1.54, 1.807) is 0 Å². The summed E-state index contributed by atoms with van der Waals surface area (Å²) in [5.74, 6) is 5.33. The fourth-order valence-electron chi connectivity index (χ4n) is 3.96. The molecular formula is C13H24. The predicted molar refractivity (Wildman–Crippen MR) is 57.5 cm³/mol. The molecule has 0 aromatic heterocycles. The molecule has 2 aliphatic carbocycles. The van der Waals surface area contributed by atoms with Gasteiger partial charge in [0.25, 0.3) is 0 Å². The van der Waals surface area contributed by atoms with Crippen molar-refractivity contribution in [3.05, 3.63) is 0 Å². The van der Waals surface area contributed by atoms with Gasteiger partial charge < -0.3 is 0 Å². The van der Waals surface area contributed by atoms with Crippen LogP contribution in [0.15, 0.2) is 0 Å². The molecule has 2 aliphatic rings. The van der Waals surface area contributed by atoms with Crippen LogP contribution in [0, 0.1) is 35.0 Å². The van der Waals surface area contributed by atoms with Crippen molar-refractivity contribution in [2.75, 3.05) is 0 Å². The highest BCUT2D eigenvalue weighted by Crippen LogP contribution is 2.64. The van der Waals surface area contributed by atoms with Gasteiger partial charge >= 0.3 is 0 Å². The maximum atomic E-state index is 2.46. The quantitative estimate of drug-likeness (QED) is 0.573. The van der Waals surface area contributed by atoms with Gasteiger partial charge in [-0.15, -0.1) is 0 Å². The molecule has 0 amide bonds. The second-order valence-corrected chi connectivity index (χ2v) is 6.75. The Morgan fingerprint density at radius 3 is 2.08 bits per heavy atom. The molecule has 0 spiro atoms. The Balaban J connectivity index is 1.96. The van der Waals surface area contributed by atoms with Crippen molar-refractivity contribution in [2.24, 2.45) is 35.0 Å². The molecule has 0 nitrogen and oxygen atoms in total. The van der Waals surface area contributed by atoms with E-state index in [9.17, 15) is 0 Å². The minimum atomic E-state index is 0.543. The van der Waals surface area contributed by atoms with E-state index in [1.807, 2.05) is 0 Å². The maximum Gasteiger partial charge on any atom is -0.0323 e. The number of hydrogen-bond donors (Lipinski definition) is 0. The first-order valence-electron chi connectivity index (χ1n) is 5.90. The first-order chi connectivity index (χ1) is 5.90. The molecule has 0 radical (unpaired) electrons. The molecule has 5 unspecified atom stereocenters. The Hall–Kier alpha value is 0. The van der Waals surface area contributed by atoms with Crippen LogP contribution in [-0.2, 0) is 0 Å². The Labute approximate surface area is 83.1 Å². The second-order valence-electron chi connectivity index (χ2n) is 6.75. The monoisotopic (exact) mass is 180 g/mol. The molecular weight excluding hydrogens is 156 g/mol. The summed E-state index contributed by atoms with van der Waals surface area (Å²) in [5, 5.41) is 0. The normalized spacial score (nSPS) is 49.2. The van der Waals surface area contributed by atoms with E-state index in [0.29, 0.717) is 5.41 Å². The van der Waals surface area contributed by atoms with Crippen molar-refractivity contribution in [3.63, 3.8) is 0 Å². The number of hydrogen-bond acceptors (Lipinski definition) is 0. The highest BCUT2D eigenvalue weighted by molar-refractivity contribution is 5.06. The van der Waals surface area contributed by atoms with Crippen LogP contribution in [-0.4, -0.2) is 0 Å². The van der Waals surface area contributed by atoms with Crippen LogP contribution in [0.3, 0.4) is 0 Å². The summed E-state index contributed by atoms with van der Waals surface area (Å²) < 4.78 is 0. The van der Waals surface area contributed by atoms with E-state index in [0.717, 1.165) is 29.6 Å². The van der Waals surface area contributed by atoms with Gasteiger partial charge in [0.1, 0.15) is 0 Å². The molecule has 0 bridgehead atoms. The van der Waals surface area contributed by atoms with Crippen LogP contribution in [0.2, 0.25) is 0 Å². The lowest BCUT2D eigenvalue weighted by Gasteiger charge is -2.25. The summed E-state index contributed by atoms with van der Waals surface area (Å²) in [6.45, 7) is 12.1. The molecule has 2 rings (SSSR count). The molecule has 2 saturated carbocycles. The van der Waals surface area contributed by atoms with Crippen molar-refractivity contribution >= 4 is 0 Å². The van der Waals surface area contributed by atoms with Crippen LogP contribution in [0.5, 0.6) is 0 Å². The summed E-state index contributed by atoms with van der Waals surface area (Å²) in [6, 6.07) is 0. The average molecular weight is 180 g/mol. The van der Waals surface area contributed by atoms with Gasteiger partial charge in [-0.3, -0.25) is 0 Å². The van der Waals surface area contributed by atoms with Gasteiger partial charge in [0.2, 0.25) is 0 Å². The summed E-state index contributed by atoms with van der Waals surface area (Å²) in [4.78, 5) is 0. The smallest absolute Gasteiger partial charge is 0.0323 e. The largest absolute Gasteiger partial charge is 0.0622 e. The van der Waals surface area contributed by atoms with Gasteiger partial charge in [0.05, 0.1) is 0 Å². The minimum Gasteiger partial charge on any atom is -0.0622 e. The van der Waals surface area contributed by atoms with E-state index in [1.165, 1.54) is 12.8 Å². The zero-order valence-corrected chi connectivity index (χ0v) is 9.80. The zero-order valence-electron chi connectivity index (χ0n) is 9.80. The highest BCUT2D eigenvalue weighted by Gasteiger charge is 2.58. The summed E-state index contributed by atoms with van der Waals surface area (Å²) >= 11 is 0. The molecule has 0 aromatic rings. The van der Waals surface area contributed by atoms with E-state index in [4.69, 9.17) is 0 Å². The predicted octanol–water partition coefficient (Wildman–Crippen LogP) is 3.96. The lowest BCUT2D eigenvalue weighted by molar-refractivity contribution is 0.257. The molecule has 0 aliphatic heterocycles. The minimum absolute atomic E-state index is 0.543. The first kappa shape index (κ1) is 9.55.